The molecule has 0 aromatic carbocycles. The predicted octanol–water partition coefficient (Wildman–Crippen LogP) is 3.88. The van der Waals surface area contributed by atoms with E-state index in [1.165, 1.54) is 9.58 Å². The van der Waals surface area contributed by atoms with Gasteiger partial charge >= 0.3 is 6.18 Å². The van der Waals surface area contributed by atoms with Crippen LogP contribution in [0.25, 0.3) is 0 Å². The van der Waals surface area contributed by atoms with Gasteiger partial charge in [-0.2, -0.15) is 18.3 Å². The van der Waals surface area contributed by atoms with Crippen molar-refractivity contribution in [1.82, 2.24) is 19.6 Å². The lowest BCUT2D eigenvalue weighted by Crippen LogP contribution is -2.39. The molecule has 1 aliphatic carbocycles. The summed E-state index contributed by atoms with van der Waals surface area (Å²) in [5, 5.41) is 3.91. The normalized spacial score (nSPS) is 22.8. The number of carbonyl (C=O) groups is 1. The number of likely N-dealkylation sites (tertiary alicyclic amines) is 1. The fourth-order valence-electron chi connectivity index (χ4n) is 4.48. The van der Waals surface area contributed by atoms with Gasteiger partial charge in [0.1, 0.15) is 0 Å². The van der Waals surface area contributed by atoms with Crippen LogP contribution in [-0.4, -0.2) is 58.7 Å². The van der Waals surface area contributed by atoms with Crippen LogP contribution in [0.1, 0.15) is 72.7 Å². The zero-order valence-corrected chi connectivity index (χ0v) is 16.3. The molecule has 1 aliphatic heterocycles. The second-order valence-electron chi connectivity index (χ2n) is 8.02. The standard InChI is InChI=1S/C19H29F3N4O/c1-13-16(18(27)25(3)14-8-5-4-6-9-14)17(19(20,21)22)23-26(13)15-10-7-11-24(2)12-15/h14-15H,4-12H2,1-3H3. The van der Waals surface area contributed by atoms with Gasteiger partial charge in [0.25, 0.3) is 5.91 Å². The smallest absolute Gasteiger partial charge is 0.339 e. The molecule has 3 rings (SSSR count). The molecule has 0 spiro atoms. The number of hydrogen-bond acceptors (Lipinski definition) is 3. The highest BCUT2D eigenvalue weighted by molar-refractivity contribution is 5.96. The Morgan fingerprint density at radius 3 is 2.41 bits per heavy atom. The molecule has 1 saturated heterocycles. The number of piperidine rings is 1. The van der Waals surface area contributed by atoms with Gasteiger partial charge in [0.2, 0.25) is 0 Å². The maximum absolute atomic E-state index is 13.7. The van der Waals surface area contributed by atoms with Gasteiger partial charge in [0.05, 0.1) is 11.6 Å². The van der Waals surface area contributed by atoms with Gasteiger partial charge in [-0.15, -0.1) is 0 Å². The average Bonchev–Trinajstić information content (AvgIpc) is 2.99. The predicted molar refractivity (Wildman–Crippen MR) is 96.7 cm³/mol. The molecule has 1 saturated carbocycles. The molecule has 1 atom stereocenters. The van der Waals surface area contributed by atoms with Crippen LogP contribution in [0.5, 0.6) is 0 Å². The Morgan fingerprint density at radius 1 is 1.15 bits per heavy atom. The van der Waals surface area contributed by atoms with E-state index < -0.39 is 17.8 Å². The summed E-state index contributed by atoms with van der Waals surface area (Å²) >= 11 is 0. The highest BCUT2D eigenvalue weighted by atomic mass is 19.4. The molecule has 1 unspecified atom stereocenters. The summed E-state index contributed by atoms with van der Waals surface area (Å²) in [4.78, 5) is 16.7. The van der Waals surface area contributed by atoms with Gasteiger partial charge in [-0.05, 0) is 46.2 Å². The van der Waals surface area contributed by atoms with E-state index in [0.717, 1.165) is 51.5 Å². The summed E-state index contributed by atoms with van der Waals surface area (Å²) in [6.45, 7) is 3.17. The molecule has 1 amide bonds. The minimum Gasteiger partial charge on any atom is -0.339 e. The monoisotopic (exact) mass is 386 g/mol. The van der Waals surface area contributed by atoms with Crippen LogP contribution < -0.4 is 0 Å². The van der Waals surface area contributed by atoms with Crippen molar-refractivity contribution in [2.24, 2.45) is 0 Å². The van der Waals surface area contributed by atoms with E-state index in [-0.39, 0.29) is 17.6 Å². The molecule has 2 heterocycles. The molecule has 2 fully saturated rings. The molecular weight excluding hydrogens is 357 g/mol. The van der Waals surface area contributed by atoms with Crippen molar-refractivity contribution in [1.29, 1.82) is 0 Å². The lowest BCUT2D eigenvalue weighted by Gasteiger charge is -2.32. The number of amides is 1. The summed E-state index contributed by atoms with van der Waals surface area (Å²) in [5.41, 5.74) is -0.986. The molecule has 0 N–H and O–H groups in total. The fraction of sp³-hybridized carbons (Fsp3) is 0.789. The molecule has 152 valence electrons. The highest BCUT2D eigenvalue weighted by Crippen LogP contribution is 2.36. The van der Waals surface area contributed by atoms with Crippen LogP contribution in [-0.2, 0) is 6.18 Å². The number of hydrogen-bond donors (Lipinski definition) is 0. The molecule has 8 heteroatoms. The van der Waals surface area contributed by atoms with Crippen molar-refractivity contribution in [3.05, 3.63) is 17.0 Å². The average molecular weight is 386 g/mol. The lowest BCUT2D eigenvalue weighted by atomic mass is 9.94. The second kappa shape index (κ2) is 7.81. The Bertz CT molecular complexity index is 679. The quantitative estimate of drug-likeness (QED) is 0.792. The molecule has 0 bridgehead atoms. The zero-order chi connectivity index (χ0) is 19.8. The van der Waals surface area contributed by atoms with E-state index in [4.69, 9.17) is 0 Å². The van der Waals surface area contributed by atoms with Crippen LogP contribution in [0.15, 0.2) is 0 Å². The number of carbonyl (C=O) groups excluding carboxylic acids is 1. The number of likely N-dealkylation sites (N-methyl/N-ethyl adjacent to an activating group) is 1. The highest BCUT2D eigenvalue weighted by Gasteiger charge is 2.43. The number of aromatic nitrogens is 2. The van der Waals surface area contributed by atoms with Crippen molar-refractivity contribution in [2.45, 2.75) is 70.1 Å². The van der Waals surface area contributed by atoms with Crippen LogP contribution in [0.4, 0.5) is 13.2 Å². The van der Waals surface area contributed by atoms with Crippen molar-refractivity contribution in [2.75, 3.05) is 27.2 Å². The largest absolute Gasteiger partial charge is 0.435 e. The van der Waals surface area contributed by atoms with Gasteiger partial charge in [-0.3, -0.25) is 9.48 Å². The van der Waals surface area contributed by atoms with E-state index in [2.05, 4.69) is 10.00 Å². The SMILES string of the molecule is Cc1c(C(=O)N(C)C2CCCCC2)c(C(F)(F)F)nn1C1CCCN(C)C1. The Labute approximate surface area is 158 Å². The molecule has 0 radical (unpaired) electrons. The maximum atomic E-state index is 13.7. The molecule has 5 nitrogen and oxygen atoms in total. The topological polar surface area (TPSA) is 41.4 Å². The van der Waals surface area contributed by atoms with Gasteiger partial charge < -0.3 is 9.80 Å². The van der Waals surface area contributed by atoms with Crippen molar-refractivity contribution >= 4 is 5.91 Å². The summed E-state index contributed by atoms with van der Waals surface area (Å²) in [7, 11) is 3.59. The first-order valence-corrected chi connectivity index (χ1v) is 9.82. The minimum absolute atomic E-state index is 0.0101. The van der Waals surface area contributed by atoms with Crippen molar-refractivity contribution < 1.29 is 18.0 Å². The van der Waals surface area contributed by atoms with Gasteiger partial charge in [-0.1, -0.05) is 19.3 Å². The number of nitrogens with zero attached hydrogens (tertiary/aromatic N) is 4. The Balaban J connectivity index is 1.96. The van der Waals surface area contributed by atoms with Crippen LogP contribution in [0.2, 0.25) is 0 Å². The molecule has 2 aliphatic rings. The fourth-order valence-corrected chi connectivity index (χ4v) is 4.48. The number of alkyl halides is 3. The third-order valence-corrected chi connectivity index (χ3v) is 6.02. The van der Waals surface area contributed by atoms with Gasteiger partial charge in [-0.25, -0.2) is 0 Å². The Morgan fingerprint density at radius 2 is 1.81 bits per heavy atom. The molecule has 1 aromatic rings. The summed E-state index contributed by atoms with van der Waals surface area (Å²) in [5.74, 6) is -0.554. The lowest BCUT2D eigenvalue weighted by molar-refractivity contribution is -0.142. The van der Waals surface area contributed by atoms with Crippen molar-refractivity contribution in [3.8, 4) is 0 Å². The summed E-state index contributed by atoms with van der Waals surface area (Å²) < 4.78 is 42.5. The van der Waals surface area contributed by atoms with Gasteiger partial charge in [0, 0.05) is 25.3 Å². The Hall–Kier alpha value is -1.57. The second-order valence-corrected chi connectivity index (χ2v) is 8.02. The zero-order valence-electron chi connectivity index (χ0n) is 16.3. The first-order chi connectivity index (χ1) is 12.7. The van der Waals surface area contributed by atoms with Crippen LogP contribution >= 0.6 is 0 Å². The van der Waals surface area contributed by atoms with Crippen LogP contribution in [0.3, 0.4) is 0 Å². The van der Waals surface area contributed by atoms with Crippen LogP contribution in [0, 0.1) is 6.92 Å². The van der Waals surface area contributed by atoms with E-state index in [0.29, 0.717) is 12.2 Å². The minimum atomic E-state index is -4.64. The number of rotatable bonds is 3. The molecule has 1 aromatic heterocycles. The van der Waals surface area contributed by atoms with Crippen molar-refractivity contribution in [3.63, 3.8) is 0 Å². The first kappa shape index (κ1) is 20.2. The maximum Gasteiger partial charge on any atom is 0.435 e. The third kappa shape index (κ3) is 4.15. The summed E-state index contributed by atoms with van der Waals surface area (Å²) in [6.07, 6.45) is 1.90. The number of halogens is 3. The van der Waals surface area contributed by atoms with E-state index in [1.807, 2.05) is 7.05 Å². The summed E-state index contributed by atoms with van der Waals surface area (Å²) in [6, 6.07) is -0.123. The molecular formula is C19H29F3N4O. The van der Waals surface area contributed by atoms with E-state index in [1.54, 1.807) is 14.0 Å². The third-order valence-electron chi connectivity index (χ3n) is 6.02. The first-order valence-electron chi connectivity index (χ1n) is 9.82. The Kier molecular flexibility index (Phi) is 5.84. The van der Waals surface area contributed by atoms with Gasteiger partial charge in [0.15, 0.2) is 5.69 Å². The van der Waals surface area contributed by atoms with E-state index >= 15 is 0 Å². The molecule has 27 heavy (non-hydrogen) atoms. The van der Waals surface area contributed by atoms with E-state index in [9.17, 15) is 18.0 Å².